The van der Waals surface area contributed by atoms with Crippen LogP contribution < -0.4 is 10.5 Å². The monoisotopic (exact) mass is 243 g/mol. The maximum absolute atomic E-state index is 5.85. The zero-order valence-corrected chi connectivity index (χ0v) is 10.9. The summed E-state index contributed by atoms with van der Waals surface area (Å²) in [4.78, 5) is 8.25. The van der Waals surface area contributed by atoms with Crippen molar-refractivity contribution in [3.8, 4) is 11.6 Å². The van der Waals surface area contributed by atoms with Crippen LogP contribution in [0.2, 0.25) is 0 Å². The van der Waals surface area contributed by atoms with Gasteiger partial charge in [-0.2, -0.15) is 0 Å². The zero-order chi connectivity index (χ0) is 13.1. The molecule has 2 rings (SSSR count). The van der Waals surface area contributed by atoms with Gasteiger partial charge in [-0.15, -0.1) is 0 Å². The smallest absolute Gasteiger partial charge is 0.222 e. The van der Waals surface area contributed by atoms with Gasteiger partial charge in [-0.3, -0.25) is 0 Å². The Morgan fingerprint density at radius 1 is 1.11 bits per heavy atom. The average Bonchev–Trinajstić information content (AvgIpc) is 2.36. The van der Waals surface area contributed by atoms with Gasteiger partial charge in [0.25, 0.3) is 0 Å². The second kappa shape index (κ2) is 5.04. The third-order valence-electron chi connectivity index (χ3n) is 2.84. The van der Waals surface area contributed by atoms with E-state index in [0.717, 1.165) is 34.7 Å². The molecule has 0 amide bonds. The molecule has 0 atom stereocenters. The number of hydrogen-bond acceptors (Lipinski definition) is 4. The third-order valence-corrected chi connectivity index (χ3v) is 2.84. The minimum absolute atomic E-state index is 0.564. The first-order valence-corrected chi connectivity index (χ1v) is 5.95. The number of nitrogen functional groups attached to an aromatic ring is 1. The highest BCUT2D eigenvalue weighted by atomic mass is 16.5. The van der Waals surface area contributed by atoms with Crippen LogP contribution in [0, 0.1) is 13.8 Å². The van der Waals surface area contributed by atoms with E-state index in [2.05, 4.69) is 9.97 Å². The lowest BCUT2D eigenvalue weighted by Crippen LogP contribution is -1.96. The maximum atomic E-state index is 5.85. The Labute approximate surface area is 107 Å². The summed E-state index contributed by atoms with van der Waals surface area (Å²) < 4.78 is 5.78. The van der Waals surface area contributed by atoms with Gasteiger partial charge in [-0.05, 0) is 43.5 Å². The number of anilines is 1. The predicted octanol–water partition coefficient (Wildman–Crippen LogP) is 3.03. The number of benzene rings is 1. The Kier molecular flexibility index (Phi) is 3.46. The summed E-state index contributed by atoms with van der Waals surface area (Å²) >= 11 is 0. The van der Waals surface area contributed by atoms with Crippen LogP contribution >= 0.6 is 0 Å². The van der Waals surface area contributed by atoms with Gasteiger partial charge in [0.15, 0.2) is 0 Å². The number of aryl methyl sites for hydroxylation is 3. The second-order valence-corrected chi connectivity index (χ2v) is 4.28. The minimum atomic E-state index is 0.564. The molecule has 0 saturated heterocycles. The third kappa shape index (κ3) is 2.59. The van der Waals surface area contributed by atoms with Crippen LogP contribution in [0.3, 0.4) is 0 Å². The molecule has 1 heterocycles. The summed E-state index contributed by atoms with van der Waals surface area (Å²) in [7, 11) is 0. The molecular weight excluding hydrogens is 226 g/mol. The molecule has 18 heavy (non-hydrogen) atoms. The maximum Gasteiger partial charge on any atom is 0.222 e. The molecule has 4 heteroatoms. The molecule has 0 saturated carbocycles. The highest BCUT2D eigenvalue weighted by Gasteiger charge is 2.06. The van der Waals surface area contributed by atoms with Crippen molar-refractivity contribution in [3.63, 3.8) is 0 Å². The van der Waals surface area contributed by atoms with Crippen LogP contribution in [0.5, 0.6) is 11.6 Å². The highest BCUT2D eigenvalue weighted by molar-refractivity contribution is 5.54. The molecule has 0 radical (unpaired) electrons. The first-order valence-electron chi connectivity index (χ1n) is 5.95. The van der Waals surface area contributed by atoms with Crippen molar-refractivity contribution in [2.24, 2.45) is 0 Å². The van der Waals surface area contributed by atoms with E-state index in [1.807, 2.05) is 39.0 Å². The molecule has 0 aliphatic rings. The minimum Gasteiger partial charge on any atom is -0.439 e. The van der Waals surface area contributed by atoms with Gasteiger partial charge in [0.2, 0.25) is 5.88 Å². The number of ether oxygens (including phenoxy) is 1. The molecule has 2 aromatic rings. The van der Waals surface area contributed by atoms with Gasteiger partial charge < -0.3 is 10.5 Å². The van der Waals surface area contributed by atoms with E-state index in [1.54, 1.807) is 0 Å². The summed E-state index contributed by atoms with van der Waals surface area (Å²) in [6.45, 7) is 5.97. The molecule has 0 aliphatic carbocycles. The zero-order valence-electron chi connectivity index (χ0n) is 10.9. The molecule has 0 spiro atoms. The second-order valence-electron chi connectivity index (χ2n) is 4.28. The van der Waals surface area contributed by atoms with Gasteiger partial charge in [-0.25, -0.2) is 9.97 Å². The molecule has 0 bridgehead atoms. The number of nitrogens with two attached hydrogens (primary N) is 1. The number of aromatic nitrogens is 2. The molecule has 1 aromatic heterocycles. The van der Waals surface area contributed by atoms with Gasteiger partial charge in [-0.1, -0.05) is 6.92 Å². The van der Waals surface area contributed by atoms with Gasteiger partial charge in [0.1, 0.15) is 12.1 Å². The first-order chi connectivity index (χ1) is 8.60. The Bertz CT molecular complexity index is 567. The van der Waals surface area contributed by atoms with E-state index in [0.29, 0.717) is 5.88 Å². The summed E-state index contributed by atoms with van der Waals surface area (Å²) in [6.07, 6.45) is 2.38. The molecule has 0 unspecified atom stereocenters. The predicted molar refractivity (Wildman–Crippen MR) is 71.8 cm³/mol. The van der Waals surface area contributed by atoms with Crippen LogP contribution in [0.1, 0.15) is 23.7 Å². The lowest BCUT2D eigenvalue weighted by atomic mass is 10.1. The fourth-order valence-corrected chi connectivity index (χ4v) is 1.66. The fourth-order valence-electron chi connectivity index (χ4n) is 1.66. The van der Waals surface area contributed by atoms with E-state index >= 15 is 0 Å². The van der Waals surface area contributed by atoms with Crippen LogP contribution in [0.4, 0.5) is 5.69 Å². The van der Waals surface area contributed by atoms with E-state index in [1.165, 1.54) is 6.33 Å². The Morgan fingerprint density at radius 2 is 1.89 bits per heavy atom. The molecule has 4 nitrogen and oxygen atoms in total. The molecule has 94 valence electrons. The summed E-state index contributed by atoms with van der Waals surface area (Å²) in [5.74, 6) is 1.34. The fraction of sp³-hybridized carbons (Fsp3) is 0.286. The van der Waals surface area contributed by atoms with Gasteiger partial charge in [0.05, 0.1) is 0 Å². The molecule has 2 N–H and O–H groups in total. The van der Waals surface area contributed by atoms with E-state index < -0.39 is 0 Å². The number of hydrogen-bond donors (Lipinski definition) is 1. The van der Waals surface area contributed by atoms with Crippen molar-refractivity contribution in [1.29, 1.82) is 0 Å². The summed E-state index contributed by atoms with van der Waals surface area (Å²) in [6, 6.07) is 5.69. The van der Waals surface area contributed by atoms with Crippen molar-refractivity contribution in [3.05, 3.63) is 41.3 Å². The van der Waals surface area contributed by atoms with E-state index in [4.69, 9.17) is 10.5 Å². The Hall–Kier alpha value is -2.10. The number of nitrogens with zero attached hydrogens (tertiary/aromatic N) is 2. The lowest BCUT2D eigenvalue weighted by molar-refractivity contribution is 0.456. The standard InChI is InChI=1S/C14H17N3O/c1-4-11-7-14(17-8-16-11)18-13-6-9(2)12(15)5-10(13)3/h5-8H,4,15H2,1-3H3. The van der Waals surface area contributed by atoms with Crippen molar-refractivity contribution >= 4 is 5.69 Å². The van der Waals surface area contributed by atoms with E-state index in [-0.39, 0.29) is 0 Å². The van der Waals surface area contributed by atoms with Gasteiger partial charge >= 0.3 is 0 Å². The molecular formula is C14H17N3O. The topological polar surface area (TPSA) is 61.0 Å². The van der Waals surface area contributed by atoms with Crippen molar-refractivity contribution < 1.29 is 4.74 Å². The largest absolute Gasteiger partial charge is 0.439 e. The van der Waals surface area contributed by atoms with Crippen molar-refractivity contribution in [2.75, 3.05) is 5.73 Å². The Morgan fingerprint density at radius 3 is 2.61 bits per heavy atom. The van der Waals surface area contributed by atoms with E-state index in [9.17, 15) is 0 Å². The van der Waals surface area contributed by atoms with Crippen molar-refractivity contribution in [1.82, 2.24) is 9.97 Å². The van der Waals surface area contributed by atoms with Crippen LogP contribution in [-0.2, 0) is 6.42 Å². The van der Waals surface area contributed by atoms with Crippen LogP contribution in [-0.4, -0.2) is 9.97 Å². The average molecular weight is 243 g/mol. The Balaban J connectivity index is 2.30. The summed E-state index contributed by atoms with van der Waals surface area (Å²) in [5.41, 5.74) is 9.58. The van der Waals surface area contributed by atoms with Crippen molar-refractivity contribution in [2.45, 2.75) is 27.2 Å². The van der Waals surface area contributed by atoms with Gasteiger partial charge in [0, 0.05) is 17.4 Å². The summed E-state index contributed by atoms with van der Waals surface area (Å²) in [5, 5.41) is 0. The SMILES string of the molecule is CCc1cc(Oc2cc(C)c(N)cc2C)ncn1. The highest BCUT2D eigenvalue weighted by Crippen LogP contribution is 2.27. The lowest BCUT2D eigenvalue weighted by Gasteiger charge is -2.10. The molecule has 0 aliphatic heterocycles. The normalized spacial score (nSPS) is 10.4. The molecule has 1 aromatic carbocycles. The first kappa shape index (κ1) is 12.4. The van der Waals surface area contributed by atoms with Crippen LogP contribution in [0.25, 0.3) is 0 Å². The quantitative estimate of drug-likeness (QED) is 0.842. The van der Waals surface area contributed by atoms with Crippen LogP contribution in [0.15, 0.2) is 24.5 Å². The molecule has 0 fully saturated rings. The number of rotatable bonds is 3.